The molecule has 1 N–H and O–H groups in total. The molecule has 0 unspecified atom stereocenters. The van der Waals surface area contributed by atoms with Crippen molar-refractivity contribution < 1.29 is 19.1 Å². The summed E-state index contributed by atoms with van der Waals surface area (Å²) in [7, 11) is 0. The van der Waals surface area contributed by atoms with Gasteiger partial charge in [0.25, 0.3) is 5.91 Å². The SMILES string of the molecule is Cc1cc(OCC(=O)O[C@@H](C)C(=O)NC2(C#N)CCCCC2)ccc1C(C)C. The van der Waals surface area contributed by atoms with E-state index in [1.165, 1.54) is 12.5 Å². The molecule has 0 heterocycles. The Morgan fingerprint density at radius 3 is 2.46 bits per heavy atom. The summed E-state index contributed by atoms with van der Waals surface area (Å²) in [5.41, 5.74) is 1.49. The molecule has 0 radical (unpaired) electrons. The molecule has 28 heavy (non-hydrogen) atoms. The second-order valence-electron chi connectivity index (χ2n) is 7.84. The number of carbonyl (C=O) groups is 2. The van der Waals surface area contributed by atoms with Gasteiger partial charge in [0, 0.05) is 0 Å². The van der Waals surface area contributed by atoms with Crippen LogP contribution < -0.4 is 10.1 Å². The van der Waals surface area contributed by atoms with Crippen molar-refractivity contribution in [1.29, 1.82) is 5.26 Å². The van der Waals surface area contributed by atoms with Crippen molar-refractivity contribution in [2.24, 2.45) is 0 Å². The number of nitriles is 1. The van der Waals surface area contributed by atoms with E-state index in [-0.39, 0.29) is 6.61 Å². The normalized spacial score (nSPS) is 16.7. The summed E-state index contributed by atoms with van der Waals surface area (Å²) in [5, 5.41) is 12.2. The number of hydrogen-bond donors (Lipinski definition) is 1. The number of nitrogens with one attached hydrogen (secondary N) is 1. The van der Waals surface area contributed by atoms with Gasteiger partial charge in [-0.25, -0.2) is 4.79 Å². The van der Waals surface area contributed by atoms with E-state index in [0.717, 1.165) is 24.8 Å². The quantitative estimate of drug-likeness (QED) is 0.721. The molecule has 0 aliphatic heterocycles. The van der Waals surface area contributed by atoms with E-state index in [0.29, 0.717) is 24.5 Å². The van der Waals surface area contributed by atoms with E-state index in [1.54, 1.807) is 0 Å². The number of esters is 1. The van der Waals surface area contributed by atoms with Crippen molar-refractivity contribution in [2.75, 3.05) is 6.61 Å². The Morgan fingerprint density at radius 1 is 1.21 bits per heavy atom. The molecule has 1 aromatic carbocycles. The van der Waals surface area contributed by atoms with Crippen LogP contribution in [0.25, 0.3) is 0 Å². The zero-order valence-electron chi connectivity index (χ0n) is 17.2. The maximum absolute atomic E-state index is 12.4. The van der Waals surface area contributed by atoms with Crippen LogP contribution in [-0.4, -0.2) is 30.1 Å². The minimum atomic E-state index is -0.978. The lowest BCUT2D eigenvalue weighted by Gasteiger charge is -2.32. The van der Waals surface area contributed by atoms with Crippen molar-refractivity contribution >= 4 is 11.9 Å². The van der Waals surface area contributed by atoms with Crippen molar-refractivity contribution in [3.63, 3.8) is 0 Å². The highest BCUT2D eigenvalue weighted by Gasteiger charge is 2.35. The van der Waals surface area contributed by atoms with E-state index in [1.807, 2.05) is 25.1 Å². The van der Waals surface area contributed by atoms with Crippen LogP contribution >= 0.6 is 0 Å². The smallest absolute Gasteiger partial charge is 0.344 e. The first kappa shape index (κ1) is 21.7. The number of aryl methyl sites for hydroxylation is 1. The van der Waals surface area contributed by atoms with Crippen LogP contribution in [0.1, 0.15) is 69.9 Å². The molecule has 1 fully saturated rings. The molecular weight excluding hydrogens is 356 g/mol. The Bertz CT molecular complexity index is 745. The van der Waals surface area contributed by atoms with Crippen LogP contribution in [-0.2, 0) is 14.3 Å². The Hall–Kier alpha value is -2.55. The second kappa shape index (κ2) is 9.59. The highest BCUT2D eigenvalue weighted by atomic mass is 16.6. The van der Waals surface area contributed by atoms with Gasteiger partial charge in [0.2, 0.25) is 0 Å². The van der Waals surface area contributed by atoms with Crippen LogP contribution in [0.2, 0.25) is 0 Å². The first-order valence-corrected chi connectivity index (χ1v) is 9.92. The number of ether oxygens (including phenoxy) is 2. The van der Waals surface area contributed by atoms with Gasteiger partial charge in [-0.15, -0.1) is 0 Å². The van der Waals surface area contributed by atoms with E-state index in [9.17, 15) is 14.9 Å². The second-order valence-corrected chi connectivity index (χ2v) is 7.84. The fourth-order valence-corrected chi connectivity index (χ4v) is 3.57. The fraction of sp³-hybridized carbons (Fsp3) is 0.591. The molecule has 6 heteroatoms. The Morgan fingerprint density at radius 2 is 1.89 bits per heavy atom. The lowest BCUT2D eigenvalue weighted by atomic mass is 9.83. The van der Waals surface area contributed by atoms with Gasteiger partial charge < -0.3 is 14.8 Å². The molecule has 0 bridgehead atoms. The lowest BCUT2D eigenvalue weighted by Crippen LogP contribution is -2.52. The largest absolute Gasteiger partial charge is 0.482 e. The molecule has 1 aromatic rings. The minimum Gasteiger partial charge on any atom is -0.482 e. The van der Waals surface area contributed by atoms with Gasteiger partial charge in [-0.1, -0.05) is 39.2 Å². The molecule has 0 saturated heterocycles. The number of amides is 1. The monoisotopic (exact) mass is 386 g/mol. The predicted molar refractivity (Wildman–Crippen MR) is 106 cm³/mol. The maximum Gasteiger partial charge on any atom is 0.344 e. The van der Waals surface area contributed by atoms with Crippen molar-refractivity contribution in [2.45, 2.75) is 77.4 Å². The van der Waals surface area contributed by atoms with E-state index >= 15 is 0 Å². The average Bonchev–Trinajstić information content (AvgIpc) is 2.66. The zero-order valence-corrected chi connectivity index (χ0v) is 17.2. The van der Waals surface area contributed by atoms with Crippen molar-refractivity contribution in [3.05, 3.63) is 29.3 Å². The molecule has 0 spiro atoms. The summed E-state index contributed by atoms with van der Waals surface area (Å²) in [6.07, 6.45) is 3.16. The Balaban J connectivity index is 1.84. The van der Waals surface area contributed by atoms with E-state index < -0.39 is 23.5 Å². The predicted octanol–water partition coefficient (Wildman–Crippen LogP) is 3.77. The topological polar surface area (TPSA) is 88.4 Å². The van der Waals surface area contributed by atoms with Crippen LogP contribution in [0.4, 0.5) is 0 Å². The molecule has 6 nitrogen and oxygen atoms in total. The minimum absolute atomic E-state index is 0.276. The van der Waals surface area contributed by atoms with Crippen LogP contribution in [0.5, 0.6) is 5.75 Å². The molecule has 1 amide bonds. The summed E-state index contributed by atoms with van der Waals surface area (Å²) in [6, 6.07) is 7.92. The summed E-state index contributed by atoms with van der Waals surface area (Å²) in [5.74, 6) is -0.0716. The van der Waals surface area contributed by atoms with Gasteiger partial charge >= 0.3 is 5.97 Å². The van der Waals surface area contributed by atoms with Crippen molar-refractivity contribution in [3.8, 4) is 11.8 Å². The molecule has 0 aromatic heterocycles. The molecule has 1 aliphatic carbocycles. The molecule has 1 saturated carbocycles. The Labute approximate surface area is 167 Å². The first-order chi connectivity index (χ1) is 13.3. The highest BCUT2D eigenvalue weighted by Crippen LogP contribution is 2.27. The Kier molecular flexibility index (Phi) is 7.45. The number of rotatable bonds is 7. The number of benzene rings is 1. The molecule has 2 rings (SSSR count). The zero-order chi connectivity index (χ0) is 20.7. The number of hydrogen-bond acceptors (Lipinski definition) is 5. The van der Waals surface area contributed by atoms with Crippen LogP contribution in [0, 0.1) is 18.3 Å². The summed E-state index contributed by atoms with van der Waals surface area (Å²) < 4.78 is 10.7. The third-order valence-corrected chi connectivity index (χ3v) is 5.18. The van der Waals surface area contributed by atoms with Gasteiger partial charge in [-0.05, 0) is 55.9 Å². The van der Waals surface area contributed by atoms with E-state index in [2.05, 4.69) is 25.2 Å². The summed E-state index contributed by atoms with van der Waals surface area (Å²) in [6.45, 7) is 7.47. The third-order valence-electron chi connectivity index (χ3n) is 5.18. The molecule has 1 aliphatic rings. The van der Waals surface area contributed by atoms with E-state index in [4.69, 9.17) is 9.47 Å². The van der Waals surface area contributed by atoms with Gasteiger partial charge in [0.15, 0.2) is 12.7 Å². The van der Waals surface area contributed by atoms with Crippen molar-refractivity contribution in [1.82, 2.24) is 5.32 Å². The molecule has 1 atom stereocenters. The standard InChI is InChI=1S/C22H30N2O4/c1-15(2)19-9-8-18(12-16(19)3)27-13-20(25)28-17(4)21(26)24-22(14-23)10-6-5-7-11-22/h8-9,12,15,17H,5-7,10-11,13H2,1-4H3,(H,24,26)/t17-/m0/s1. The lowest BCUT2D eigenvalue weighted by molar-refractivity contribution is -0.157. The van der Waals surface area contributed by atoms with Crippen LogP contribution in [0.3, 0.4) is 0 Å². The van der Waals surface area contributed by atoms with Gasteiger partial charge in [0.05, 0.1) is 6.07 Å². The summed E-state index contributed by atoms with van der Waals surface area (Å²) >= 11 is 0. The number of carbonyl (C=O) groups excluding carboxylic acids is 2. The fourth-order valence-electron chi connectivity index (χ4n) is 3.57. The first-order valence-electron chi connectivity index (χ1n) is 9.92. The number of nitrogens with zero attached hydrogens (tertiary/aromatic N) is 1. The van der Waals surface area contributed by atoms with Gasteiger partial charge in [0.1, 0.15) is 11.3 Å². The molecular formula is C22H30N2O4. The highest BCUT2D eigenvalue weighted by molar-refractivity contribution is 5.84. The average molecular weight is 386 g/mol. The summed E-state index contributed by atoms with van der Waals surface area (Å²) in [4.78, 5) is 24.4. The van der Waals surface area contributed by atoms with Gasteiger partial charge in [-0.3, -0.25) is 4.79 Å². The third kappa shape index (κ3) is 5.72. The molecule has 152 valence electrons. The maximum atomic E-state index is 12.4. The van der Waals surface area contributed by atoms with Gasteiger partial charge in [-0.2, -0.15) is 5.26 Å². The van der Waals surface area contributed by atoms with Crippen LogP contribution in [0.15, 0.2) is 18.2 Å².